The number of aliphatic hydroxyl groups is 1. The number of ether oxygens (including phenoxy) is 2. The molecule has 0 amide bonds. The van der Waals surface area contributed by atoms with Crippen LogP contribution < -0.4 is 10.3 Å². The molecule has 31 heavy (non-hydrogen) atoms. The Labute approximate surface area is 182 Å². The third kappa shape index (κ3) is 4.50. The summed E-state index contributed by atoms with van der Waals surface area (Å²) >= 11 is 1.41. The first-order valence-electron chi connectivity index (χ1n) is 9.58. The average molecular weight is 436 g/mol. The molecule has 0 fully saturated rings. The van der Waals surface area contributed by atoms with Crippen LogP contribution >= 0.6 is 11.3 Å². The highest BCUT2D eigenvalue weighted by atomic mass is 32.1. The van der Waals surface area contributed by atoms with Crippen molar-refractivity contribution in [3.63, 3.8) is 0 Å². The molecule has 1 atom stereocenters. The van der Waals surface area contributed by atoms with E-state index < -0.39 is 12.1 Å². The summed E-state index contributed by atoms with van der Waals surface area (Å²) in [4.78, 5) is 29.7. The molecule has 0 saturated carbocycles. The number of rotatable bonds is 7. The van der Waals surface area contributed by atoms with E-state index in [2.05, 4.69) is 4.98 Å². The zero-order valence-corrected chi connectivity index (χ0v) is 17.5. The van der Waals surface area contributed by atoms with Crippen molar-refractivity contribution in [2.45, 2.75) is 12.6 Å². The van der Waals surface area contributed by atoms with E-state index in [0.29, 0.717) is 21.5 Å². The molecule has 1 N–H and O–H groups in total. The van der Waals surface area contributed by atoms with Gasteiger partial charge in [-0.25, -0.2) is 9.78 Å². The lowest BCUT2D eigenvalue weighted by Gasteiger charge is -2.14. The highest BCUT2D eigenvalue weighted by Crippen LogP contribution is 2.30. The molecular formula is C23H20N2O5S. The Kier molecular flexibility index (Phi) is 6.11. The van der Waals surface area contributed by atoms with Crippen LogP contribution in [0.15, 0.2) is 71.1 Å². The fourth-order valence-corrected chi connectivity index (χ4v) is 4.14. The summed E-state index contributed by atoms with van der Waals surface area (Å²) in [6.45, 7) is -0.0210. The van der Waals surface area contributed by atoms with Crippen molar-refractivity contribution in [1.82, 2.24) is 9.55 Å². The van der Waals surface area contributed by atoms with Crippen LogP contribution in [0.4, 0.5) is 0 Å². The van der Waals surface area contributed by atoms with Crippen molar-refractivity contribution in [3.8, 4) is 16.9 Å². The van der Waals surface area contributed by atoms with Gasteiger partial charge in [0.05, 0.1) is 30.9 Å². The van der Waals surface area contributed by atoms with E-state index in [4.69, 9.17) is 9.47 Å². The number of hydrogen-bond donors (Lipinski definition) is 1. The van der Waals surface area contributed by atoms with Crippen LogP contribution in [-0.4, -0.2) is 40.4 Å². The molecule has 2 heterocycles. The zero-order chi connectivity index (χ0) is 21.8. The number of nitrogens with zero attached hydrogens (tertiary/aromatic N) is 2. The minimum Gasteiger partial charge on any atom is -0.491 e. The third-order valence-corrected chi connectivity index (χ3v) is 5.64. The lowest BCUT2D eigenvalue weighted by atomic mass is 10.1. The van der Waals surface area contributed by atoms with Crippen molar-refractivity contribution in [2.24, 2.45) is 0 Å². The van der Waals surface area contributed by atoms with Crippen LogP contribution in [0.2, 0.25) is 0 Å². The first-order chi connectivity index (χ1) is 15.1. The molecular weight excluding hydrogens is 416 g/mol. The van der Waals surface area contributed by atoms with E-state index in [9.17, 15) is 14.7 Å². The summed E-state index contributed by atoms with van der Waals surface area (Å²) in [5.74, 6) is -0.0472. The van der Waals surface area contributed by atoms with Crippen LogP contribution in [-0.2, 0) is 11.3 Å². The lowest BCUT2D eigenvalue weighted by molar-refractivity contribution is 0.0599. The van der Waals surface area contributed by atoms with Gasteiger partial charge in [-0.2, -0.15) is 0 Å². The van der Waals surface area contributed by atoms with E-state index >= 15 is 0 Å². The van der Waals surface area contributed by atoms with Gasteiger partial charge in [0.2, 0.25) is 0 Å². The average Bonchev–Trinajstić information content (AvgIpc) is 3.25. The van der Waals surface area contributed by atoms with Crippen molar-refractivity contribution in [1.29, 1.82) is 0 Å². The number of carbonyl (C=O) groups excluding carboxylic acids is 1. The summed E-state index contributed by atoms with van der Waals surface area (Å²) in [7, 11) is 1.30. The summed E-state index contributed by atoms with van der Waals surface area (Å²) < 4.78 is 11.7. The van der Waals surface area contributed by atoms with Crippen LogP contribution in [0.1, 0.15) is 10.4 Å². The van der Waals surface area contributed by atoms with E-state index in [0.717, 1.165) is 11.1 Å². The van der Waals surface area contributed by atoms with E-state index in [1.54, 1.807) is 18.2 Å². The van der Waals surface area contributed by atoms with Gasteiger partial charge in [-0.1, -0.05) is 36.4 Å². The van der Waals surface area contributed by atoms with Crippen molar-refractivity contribution in [3.05, 3.63) is 82.2 Å². The minimum atomic E-state index is -0.947. The number of methoxy groups -OCH3 is 1. The number of thiophene rings is 1. The number of aromatic nitrogens is 2. The van der Waals surface area contributed by atoms with Crippen LogP contribution in [0.5, 0.6) is 5.75 Å². The molecule has 8 heteroatoms. The highest BCUT2D eigenvalue weighted by Gasteiger charge is 2.15. The number of carbonyl (C=O) groups is 1. The smallest absolute Gasteiger partial charge is 0.337 e. The van der Waals surface area contributed by atoms with Gasteiger partial charge in [0.15, 0.2) is 0 Å². The van der Waals surface area contributed by atoms with Crippen molar-refractivity contribution < 1.29 is 19.4 Å². The van der Waals surface area contributed by atoms with E-state index in [-0.39, 0.29) is 18.7 Å². The molecule has 4 aromatic rings. The number of benzene rings is 2. The Morgan fingerprint density at radius 1 is 1.19 bits per heavy atom. The summed E-state index contributed by atoms with van der Waals surface area (Å²) in [5, 5.41) is 12.9. The predicted octanol–water partition coefficient (Wildman–Crippen LogP) is 3.35. The summed E-state index contributed by atoms with van der Waals surface area (Å²) in [6.07, 6.45) is 0.495. The van der Waals surface area contributed by atoms with Crippen LogP contribution in [0.3, 0.4) is 0 Å². The number of aliphatic hydroxyl groups excluding tert-OH is 1. The maximum atomic E-state index is 13.1. The number of fused-ring (bicyclic) bond motifs is 1. The normalized spacial score (nSPS) is 11.9. The van der Waals surface area contributed by atoms with Gasteiger partial charge < -0.3 is 14.6 Å². The first-order valence-corrected chi connectivity index (χ1v) is 10.5. The Hall–Kier alpha value is -3.49. The largest absolute Gasteiger partial charge is 0.491 e. The Balaban J connectivity index is 1.50. The van der Waals surface area contributed by atoms with Gasteiger partial charge in [-0.15, -0.1) is 11.3 Å². The summed E-state index contributed by atoms with van der Waals surface area (Å²) in [5.41, 5.74) is 1.92. The maximum Gasteiger partial charge on any atom is 0.337 e. The van der Waals surface area contributed by atoms with Gasteiger partial charge in [0.1, 0.15) is 23.3 Å². The molecule has 0 bridgehead atoms. The molecule has 0 unspecified atom stereocenters. The predicted molar refractivity (Wildman–Crippen MR) is 119 cm³/mol. The molecule has 0 aliphatic carbocycles. The lowest BCUT2D eigenvalue weighted by Crippen LogP contribution is -2.30. The molecule has 2 aromatic heterocycles. The third-order valence-electron chi connectivity index (χ3n) is 4.75. The monoisotopic (exact) mass is 436 g/mol. The standard InChI is InChI=1S/C23H20N2O5S/c1-29-23(28)16-8-5-9-18(10-16)30-12-17(26)11-25-14-24-21-20(22(25)27)19(13-31-21)15-6-3-2-4-7-15/h2-10,13-14,17,26H,11-12H2,1H3/t17-/m0/s1. The van der Waals surface area contributed by atoms with E-state index in [1.807, 2.05) is 35.7 Å². The van der Waals surface area contributed by atoms with Gasteiger partial charge in [-0.3, -0.25) is 9.36 Å². The molecule has 0 radical (unpaired) electrons. The fraction of sp³-hybridized carbons (Fsp3) is 0.174. The second-order valence-electron chi connectivity index (χ2n) is 6.88. The Morgan fingerprint density at radius 3 is 2.77 bits per heavy atom. The minimum absolute atomic E-state index is 0.0303. The van der Waals surface area contributed by atoms with Gasteiger partial charge in [0.25, 0.3) is 5.56 Å². The first kappa shape index (κ1) is 20.8. The SMILES string of the molecule is COC(=O)c1cccc(OC[C@@H](O)Cn2cnc3scc(-c4ccccc4)c3c2=O)c1. The molecule has 0 aliphatic rings. The number of esters is 1. The molecule has 158 valence electrons. The second-order valence-corrected chi connectivity index (χ2v) is 7.74. The quantitative estimate of drug-likeness (QED) is 0.447. The molecule has 2 aromatic carbocycles. The Bertz CT molecular complexity index is 1270. The molecule has 4 rings (SSSR count). The fourth-order valence-electron chi connectivity index (χ4n) is 3.23. The topological polar surface area (TPSA) is 90.7 Å². The zero-order valence-electron chi connectivity index (χ0n) is 16.7. The van der Waals surface area contributed by atoms with Crippen LogP contribution in [0, 0.1) is 0 Å². The summed E-state index contributed by atoms with van der Waals surface area (Å²) in [6, 6.07) is 16.2. The maximum absolute atomic E-state index is 13.1. The van der Waals surface area contributed by atoms with Gasteiger partial charge >= 0.3 is 5.97 Å². The number of hydrogen-bond acceptors (Lipinski definition) is 7. The highest BCUT2D eigenvalue weighted by molar-refractivity contribution is 7.17. The van der Waals surface area contributed by atoms with Crippen molar-refractivity contribution >= 4 is 27.5 Å². The van der Waals surface area contributed by atoms with E-state index in [1.165, 1.54) is 35.4 Å². The molecule has 0 aliphatic heterocycles. The van der Waals surface area contributed by atoms with Gasteiger partial charge in [0, 0.05) is 10.9 Å². The van der Waals surface area contributed by atoms with Crippen LogP contribution in [0.25, 0.3) is 21.3 Å². The molecule has 0 spiro atoms. The van der Waals surface area contributed by atoms with Gasteiger partial charge in [-0.05, 0) is 23.8 Å². The molecule has 7 nitrogen and oxygen atoms in total. The molecule has 0 saturated heterocycles. The Morgan fingerprint density at radius 2 is 2.00 bits per heavy atom. The van der Waals surface area contributed by atoms with Crippen molar-refractivity contribution in [2.75, 3.05) is 13.7 Å². The second kappa shape index (κ2) is 9.11.